The highest BCUT2D eigenvalue weighted by molar-refractivity contribution is 6.43. The van der Waals surface area contributed by atoms with E-state index in [2.05, 4.69) is 10.3 Å². The average molecular weight is 353 g/mol. The first kappa shape index (κ1) is 19.3. The number of allylic oxidation sites excluding steroid dienone is 3. The third-order valence-corrected chi connectivity index (χ3v) is 4.33. The molecule has 138 valence electrons. The Labute approximate surface area is 146 Å². The maximum absolute atomic E-state index is 13.3. The molecule has 0 aromatic carbocycles. The van der Waals surface area contributed by atoms with E-state index in [9.17, 15) is 13.6 Å². The Balaban J connectivity index is 2.42. The van der Waals surface area contributed by atoms with Gasteiger partial charge in [-0.25, -0.2) is 13.6 Å². The Hall–Kier alpha value is -2.02. The summed E-state index contributed by atoms with van der Waals surface area (Å²) in [4.78, 5) is 16.8. The molecule has 1 atom stereocenters. The minimum atomic E-state index is -2.56. The number of nitrogens with one attached hydrogen (secondary N) is 1. The van der Waals surface area contributed by atoms with Crippen LogP contribution in [0.3, 0.4) is 0 Å². The minimum Gasteiger partial charge on any atom is -0.461 e. The van der Waals surface area contributed by atoms with Crippen molar-refractivity contribution >= 4 is 11.7 Å². The highest BCUT2D eigenvalue weighted by Crippen LogP contribution is 2.28. The molecule has 0 fully saturated rings. The molecule has 7 heteroatoms. The highest BCUT2D eigenvalue weighted by atomic mass is 19.3. The Kier molecular flexibility index (Phi) is 6.87. The van der Waals surface area contributed by atoms with Crippen LogP contribution >= 0.6 is 0 Å². The fourth-order valence-electron chi connectivity index (χ4n) is 3.02. The van der Waals surface area contributed by atoms with Crippen molar-refractivity contribution in [2.75, 3.05) is 19.7 Å². The van der Waals surface area contributed by atoms with E-state index in [-0.39, 0.29) is 17.9 Å². The predicted molar refractivity (Wildman–Crippen MR) is 93.6 cm³/mol. The second-order valence-electron chi connectivity index (χ2n) is 6.03. The number of hydrogen-bond acceptors (Lipinski definition) is 5. The van der Waals surface area contributed by atoms with E-state index in [0.29, 0.717) is 42.7 Å². The molecule has 1 aliphatic carbocycles. The van der Waals surface area contributed by atoms with Crippen LogP contribution in [0.1, 0.15) is 33.1 Å². The van der Waals surface area contributed by atoms with Gasteiger partial charge in [-0.15, -0.1) is 0 Å². The van der Waals surface area contributed by atoms with Gasteiger partial charge in [0, 0.05) is 29.9 Å². The SMILES string of the molecule is CCOC(=O)C(=NC(C)C1=C(C(F)F)C=CCC1)C1=C(N)CCNC1. The topological polar surface area (TPSA) is 76.7 Å². The largest absolute Gasteiger partial charge is 0.461 e. The van der Waals surface area contributed by atoms with Crippen molar-refractivity contribution in [1.82, 2.24) is 5.32 Å². The van der Waals surface area contributed by atoms with E-state index in [4.69, 9.17) is 10.5 Å². The molecule has 5 nitrogen and oxygen atoms in total. The standard InChI is InChI=1S/C18H25F2N3O2/c1-3-25-18(24)16(14-10-22-9-8-15(14)21)23-11(2)12-6-4-5-7-13(12)17(19)20/h5,7,11,17,22H,3-4,6,8-10,21H2,1-2H3. The van der Waals surface area contributed by atoms with Crippen LogP contribution in [0.15, 0.2) is 39.6 Å². The molecule has 2 rings (SSSR count). The number of halogens is 2. The third kappa shape index (κ3) is 4.75. The van der Waals surface area contributed by atoms with Gasteiger partial charge in [-0.3, -0.25) is 4.99 Å². The first-order chi connectivity index (χ1) is 12.0. The Bertz CT molecular complexity index is 636. The van der Waals surface area contributed by atoms with Crippen LogP contribution in [0.25, 0.3) is 0 Å². The van der Waals surface area contributed by atoms with Crippen molar-refractivity contribution in [3.63, 3.8) is 0 Å². The normalized spacial score (nSPS) is 20.3. The zero-order valence-electron chi connectivity index (χ0n) is 14.6. The van der Waals surface area contributed by atoms with Gasteiger partial charge in [-0.1, -0.05) is 12.2 Å². The summed E-state index contributed by atoms with van der Waals surface area (Å²) >= 11 is 0. The van der Waals surface area contributed by atoms with Gasteiger partial charge in [0.15, 0.2) is 0 Å². The molecule has 25 heavy (non-hydrogen) atoms. The Morgan fingerprint density at radius 1 is 1.44 bits per heavy atom. The van der Waals surface area contributed by atoms with Gasteiger partial charge in [0.25, 0.3) is 6.43 Å². The average Bonchev–Trinajstić information content (AvgIpc) is 2.60. The van der Waals surface area contributed by atoms with E-state index in [1.54, 1.807) is 19.9 Å². The molecular weight excluding hydrogens is 328 g/mol. The third-order valence-electron chi connectivity index (χ3n) is 4.33. The Morgan fingerprint density at radius 2 is 2.20 bits per heavy atom. The minimum absolute atomic E-state index is 0.00516. The summed E-state index contributed by atoms with van der Waals surface area (Å²) in [6.45, 7) is 4.78. The number of rotatable bonds is 6. The van der Waals surface area contributed by atoms with Gasteiger partial charge in [0.05, 0.1) is 12.6 Å². The lowest BCUT2D eigenvalue weighted by Crippen LogP contribution is -2.35. The first-order valence-corrected chi connectivity index (χ1v) is 8.56. The van der Waals surface area contributed by atoms with Crippen molar-refractivity contribution in [3.05, 3.63) is 34.6 Å². The van der Waals surface area contributed by atoms with Gasteiger partial charge in [-0.05, 0) is 38.7 Å². The fourth-order valence-corrected chi connectivity index (χ4v) is 3.02. The molecule has 0 spiro atoms. The zero-order valence-corrected chi connectivity index (χ0v) is 14.6. The molecule has 0 aromatic rings. The second kappa shape index (κ2) is 8.89. The number of nitrogens with two attached hydrogens (primary N) is 1. The van der Waals surface area contributed by atoms with Crippen LogP contribution in [0.4, 0.5) is 8.78 Å². The number of alkyl halides is 2. The molecule has 2 aliphatic rings. The number of esters is 1. The van der Waals surface area contributed by atoms with Crippen LogP contribution < -0.4 is 11.1 Å². The second-order valence-corrected chi connectivity index (χ2v) is 6.03. The first-order valence-electron chi connectivity index (χ1n) is 8.56. The van der Waals surface area contributed by atoms with E-state index >= 15 is 0 Å². The summed E-state index contributed by atoms with van der Waals surface area (Å²) in [6, 6.07) is -0.546. The summed E-state index contributed by atoms with van der Waals surface area (Å²) in [5.74, 6) is -0.568. The molecule has 1 aliphatic heterocycles. The number of nitrogens with zero attached hydrogens (tertiary/aromatic N) is 1. The summed E-state index contributed by atoms with van der Waals surface area (Å²) in [5, 5.41) is 3.15. The smallest absolute Gasteiger partial charge is 0.356 e. The number of ether oxygens (including phenoxy) is 1. The molecule has 0 saturated carbocycles. The summed E-state index contributed by atoms with van der Waals surface area (Å²) in [5.41, 5.74) is 7.92. The molecule has 0 amide bonds. The van der Waals surface area contributed by atoms with Gasteiger partial charge < -0.3 is 15.8 Å². The quantitative estimate of drug-likeness (QED) is 0.568. The molecule has 0 saturated heterocycles. The van der Waals surface area contributed by atoms with Crippen LogP contribution in [0, 0.1) is 0 Å². The van der Waals surface area contributed by atoms with Crippen LogP contribution in [-0.2, 0) is 9.53 Å². The van der Waals surface area contributed by atoms with E-state index < -0.39 is 18.4 Å². The molecule has 3 N–H and O–H groups in total. The summed E-state index contributed by atoms with van der Waals surface area (Å²) in [7, 11) is 0. The highest BCUT2D eigenvalue weighted by Gasteiger charge is 2.26. The van der Waals surface area contributed by atoms with Crippen molar-refractivity contribution in [3.8, 4) is 0 Å². The summed E-state index contributed by atoms with van der Waals surface area (Å²) < 4.78 is 31.7. The molecular formula is C18H25F2N3O2. The number of carbonyl (C=O) groups is 1. The molecule has 0 bridgehead atoms. The van der Waals surface area contributed by atoms with E-state index in [1.807, 2.05) is 0 Å². The number of aliphatic imine (C=N–C) groups is 1. The molecule has 0 radical (unpaired) electrons. The van der Waals surface area contributed by atoms with Gasteiger partial charge in [0.1, 0.15) is 5.71 Å². The van der Waals surface area contributed by atoms with Crippen molar-refractivity contribution in [2.24, 2.45) is 10.7 Å². The van der Waals surface area contributed by atoms with Crippen LogP contribution in [-0.4, -0.2) is 43.8 Å². The number of hydrogen-bond donors (Lipinski definition) is 2. The number of carbonyl (C=O) groups excluding carboxylic acids is 1. The van der Waals surface area contributed by atoms with Gasteiger partial charge >= 0.3 is 5.97 Å². The predicted octanol–water partition coefficient (Wildman–Crippen LogP) is 2.50. The lowest BCUT2D eigenvalue weighted by atomic mass is 9.92. The zero-order chi connectivity index (χ0) is 18.4. The van der Waals surface area contributed by atoms with Crippen LogP contribution in [0.5, 0.6) is 0 Å². The van der Waals surface area contributed by atoms with E-state index in [1.165, 1.54) is 6.08 Å². The van der Waals surface area contributed by atoms with E-state index in [0.717, 1.165) is 6.54 Å². The molecule has 0 aromatic heterocycles. The van der Waals surface area contributed by atoms with Gasteiger partial charge in [-0.2, -0.15) is 0 Å². The molecule has 1 unspecified atom stereocenters. The fraction of sp³-hybridized carbons (Fsp3) is 0.556. The van der Waals surface area contributed by atoms with Crippen molar-refractivity contribution in [2.45, 2.75) is 45.6 Å². The maximum atomic E-state index is 13.3. The molecule has 1 heterocycles. The lowest BCUT2D eigenvalue weighted by molar-refractivity contribution is -0.135. The van der Waals surface area contributed by atoms with Crippen molar-refractivity contribution < 1.29 is 18.3 Å². The van der Waals surface area contributed by atoms with Crippen molar-refractivity contribution in [1.29, 1.82) is 0 Å². The lowest BCUT2D eigenvalue weighted by Gasteiger charge is -2.23. The Morgan fingerprint density at radius 3 is 2.84 bits per heavy atom. The monoisotopic (exact) mass is 353 g/mol. The van der Waals surface area contributed by atoms with Gasteiger partial charge in [0.2, 0.25) is 0 Å². The summed E-state index contributed by atoms with van der Waals surface area (Å²) in [6.07, 6.45) is 2.43. The van der Waals surface area contributed by atoms with Crippen LogP contribution in [0.2, 0.25) is 0 Å². The maximum Gasteiger partial charge on any atom is 0.356 e.